The van der Waals surface area contributed by atoms with Gasteiger partial charge in [-0.05, 0) is 12.8 Å². The summed E-state index contributed by atoms with van der Waals surface area (Å²) in [5.41, 5.74) is 0. The Morgan fingerprint density at radius 1 is 1.60 bits per heavy atom. The Morgan fingerprint density at radius 3 is 2.70 bits per heavy atom. The molecular formula is C6H13NO3. The first-order chi connectivity index (χ1) is 4.79. The van der Waals surface area contributed by atoms with Gasteiger partial charge in [-0.15, -0.1) is 0 Å². The highest BCUT2D eigenvalue weighted by atomic mass is 16.5. The minimum atomic E-state index is -0.938. The van der Waals surface area contributed by atoms with E-state index in [0.29, 0.717) is 13.2 Å². The van der Waals surface area contributed by atoms with Crippen molar-refractivity contribution in [1.82, 2.24) is 5.32 Å². The third-order valence-corrected chi connectivity index (χ3v) is 1.55. The molecule has 1 fully saturated rings. The van der Waals surface area contributed by atoms with E-state index in [9.17, 15) is 4.79 Å². The molecule has 0 radical (unpaired) electrons. The predicted octanol–water partition coefficient (Wildman–Crippen LogP) is 0.679. The normalized spacial score (nSPS) is 20.4. The van der Waals surface area contributed by atoms with Crippen molar-refractivity contribution in [2.45, 2.75) is 18.9 Å². The van der Waals surface area contributed by atoms with Crippen LogP contribution in [0.4, 0.5) is 4.79 Å². The van der Waals surface area contributed by atoms with Gasteiger partial charge in [0.05, 0.1) is 0 Å². The summed E-state index contributed by atoms with van der Waals surface area (Å²) in [5.74, 6) is 0. The van der Waals surface area contributed by atoms with E-state index < -0.39 is 6.09 Å². The Labute approximate surface area is 60.7 Å². The number of ether oxygens (including phenoxy) is 1. The molecule has 60 valence electrons. The van der Waals surface area contributed by atoms with Gasteiger partial charge >= 0.3 is 6.09 Å². The van der Waals surface area contributed by atoms with Crippen molar-refractivity contribution in [1.29, 1.82) is 0 Å². The van der Waals surface area contributed by atoms with Gasteiger partial charge in [0.15, 0.2) is 0 Å². The third kappa shape index (κ3) is 2.23. The molecule has 2 N–H and O–H groups in total. The molecule has 0 aromatic carbocycles. The van der Waals surface area contributed by atoms with Crippen molar-refractivity contribution >= 4 is 6.09 Å². The third-order valence-electron chi connectivity index (χ3n) is 1.55. The van der Waals surface area contributed by atoms with Gasteiger partial charge in [0.2, 0.25) is 0 Å². The molecule has 0 bridgehead atoms. The summed E-state index contributed by atoms with van der Waals surface area (Å²) in [6.45, 7) is 1.34. The van der Waals surface area contributed by atoms with Gasteiger partial charge in [-0.25, -0.2) is 4.79 Å². The van der Waals surface area contributed by atoms with Gasteiger partial charge in [0.25, 0.3) is 0 Å². The molecule has 1 saturated heterocycles. The highest BCUT2D eigenvalue weighted by Crippen LogP contribution is 2.05. The molecule has 1 heterocycles. The van der Waals surface area contributed by atoms with E-state index >= 15 is 0 Å². The van der Waals surface area contributed by atoms with Crippen LogP contribution in [0.2, 0.25) is 0 Å². The van der Waals surface area contributed by atoms with Crippen molar-refractivity contribution in [3.05, 3.63) is 0 Å². The molecule has 0 aromatic rings. The zero-order valence-corrected chi connectivity index (χ0v) is 5.67. The number of hydrogen-bond donors (Lipinski definition) is 2. The average molecular weight is 147 g/mol. The van der Waals surface area contributed by atoms with Gasteiger partial charge in [-0.3, -0.25) is 0 Å². The lowest BCUT2D eigenvalue weighted by atomic mass is 10.1. The molecule has 1 amide bonds. The Kier molecular flexibility index (Phi) is 2.50. The fourth-order valence-corrected chi connectivity index (χ4v) is 1.02. The van der Waals surface area contributed by atoms with Crippen LogP contribution >= 0.6 is 0 Å². The number of nitrogens with one attached hydrogen (secondary N) is 1. The lowest BCUT2D eigenvalue weighted by Gasteiger charge is -2.21. The molecular weight excluding hydrogens is 134 g/mol. The molecule has 0 unspecified atom stereocenters. The second-order valence-corrected chi connectivity index (χ2v) is 2.34. The molecule has 4 heteroatoms. The molecule has 0 saturated carbocycles. The van der Waals surface area contributed by atoms with Gasteiger partial charge in [0, 0.05) is 20.7 Å². The van der Waals surface area contributed by atoms with Gasteiger partial charge in [0.1, 0.15) is 0 Å². The molecule has 1 rings (SSSR count). The Hall–Kier alpha value is -0.770. The van der Waals surface area contributed by atoms with Crippen molar-refractivity contribution in [3.8, 4) is 0 Å². The van der Waals surface area contributed by atoms with E-state index in [-0.39, 0.29) is 7.47 Å². The summed E-state index contributed by atoms with van der Waals surface area (Å²) in [6.07, 6.45) is 0.658. The second kappa shape index (κ2) is 3.41. The van der Waals surface area contributed by atoms with Gasteiger partial charge < -0.3 is 15.2 Å². The monoisotopic (exact) mass is 147 g/mol. The van der Waals surface area contributed by atoms with Crippen molar-refractivity contribution in [2.24, 2.45) is 0 Å². The van der Waals surface area contributed by atoms with E-state index in [4.69, 9.17) is 9.84 Å². The van der Waals surface area contributed by atoms with Crippen LogP contribution in [0, 0.1) is 0 Å². The van der Waals surface area contributed by atoms with Crippen LogP contribution in [0.1, 0.15) is 14.3 Å². The first-order valence-corrected chi connectivity index (χ1v) is 3.36. The lowest BCUT2D eigenvalue weighted by Crippen LogP contribution is -2.37. The zero-order valence-electron chi connectivity index (χ0n) is 5.67. The van der Waals surface area contributed by atoms with Crippen LogP contribution in [-0.2, 0) is 4.74 Å². The Bertz CT molecular complexity index is 125. The van der Waals surface area contributed by atoms with Crippen molar-refractivity contribution in [2.75, 3.05) is 13.2 Å². The highest BCUT2D eigenvalue weighted by molar-refractivity contribution is 5.64. The number of rotatable bonds is 1. The molecule has 0 atom stereocenters. The highest BCUT2D eigenvalue weighted by Gasteiger charge is 2.14. The molecule has 0 aromatic heterocycles. The van der Waals surface area contributed by atoms with E-state index in [1.807, 2.05) is 0 Å². The molecule has 0 aliphatic carbocycles. The average Bonchev–Trinajstić information content (AvgIpc) is 1.88. The molecule has 1 aliphatic rings. The zero-order chi connectivity index (χ0) is 7.40. The standard InChI is InChI=1S/C6H11NO3.H2/c8-6(9)7-5-1-3-10-4-2-5;/h5,7H,1-4H2,(H,8,9);1H. The molecule has 1 aliphatic heterocycles. The topological polar surface area (TPSA) is 58.6 Å². The quantitative estimate of drug-likeness (QED) is 0.573. The minimum Gasteiger partial charge on any atom is -0.465 e. The maximum absolute atomic E-state index is 10.1. The maximum atomic E-state index is 10.1. The summed E-state index contributed by atoms with van der Waals surface area (Å²) < 4.78 is 5.05. The largest absolute Gasteiger partial charge is 0.465 e. The fraction of sp³-hybridized carbons (Fsp3) is 0.833. The van der Waals surface area contributed by atoms with Crippen LogP contribution in [-0.4, -0.2) is 30.5 Å². The SMILES string of the molecule is O=C(O)NC1CCOCC1.[HH]. The van der Waals surface area contributed by atoms with Crippen molar-refractivity contribution < 1.29 is 16.1 Å². The minimum absolute atomic E-state index is 0. The summed E-state index contributed by atoms with van der Waals surface area (Å²) in [7, 11) is 0. The van der Waals surface area contributed by atoms with Crippen LogP contribution < -0.4 is 5.32 Å². The number of carbonyl (C=O) groups is 1. The van der Waals surface area contributed by atoms with Crippen molar-refractivity contribution in [3.63, 3.8) is 0 Å². The van der Waals surface area contributed by atoms with E-state index in [1.54, 1.807) is 0 Å². The van der Waals surface area contributed by atoms with E-state index in [1.165, 1.54) is 0 Å². The molecule has 0 spiro atoms. The summed E-state index contributed by atoms with van der Waals surface area (Å²) in [6, 6.07) is 0.103. The first kappa shape index (κ1) is 7.34. The Balaban J connectivity index is 0.000001000. The number of carboxylic acid groups (broad SMARTS) is 1. The summed E-state index contributed by atoms with van der Waals surface area (Å²) in [4.78, 5) is 10.1. The second-order valence-electron chi connectivity index (χ2n) is 2.34. The first-order valence-electron chi connectivity index (χ1n) is 3.36. The maximum Gasteiger partial charge on any atom is 0.404 e. The molecule has 4 nitrogen and oxygen atoms in total. The van der Waals surface area contributed by atoms with Crippen LogP contribution in [0.3, 0.4) is 0 Å². The lowest BCUT2D eigenvalue weighted by molar-refractivity contribution is 0.0773. The predicted molar refractivity (Wildman–Crippen MR) is 37.1 cm³/mol. The Morgan fingerprint density at radius 2 is 2.20 bits per heavy atom. The smallest absolute Gasteiger partial charge is 0.404 e. The van der Waals surface area contributed by atoms with Gasteiger partial charge in [-0.1, -0.05) is 0 Å². The number of hydrogen-bond acceptors (Lipinski definition) is 2. The van der Waals surface area contributed by atoms with E-state index in [0.717, 1.165) is 12.8 Å². The van der Waals surface area contributed by atoms with Crippen LogP contribution in [0.25, 0.3) is 0 Å². The summed E-state index contributed by atoms with van der Waals surface area (Å²) in [5, 5.41) is 10.7. The van der Waals surface area contributed by atoms with Crippen LogP contribution in [0.5, 0.6) is 0 Å². The van der Waals surface area contributed by atoms with E-state index in [2.05, 4.69) is 5.32 Å². The fourth-order valence-electron chi connectivity index (χ4n) is 1.02. The summed E-state index contributed by atoms with van der Waals surface area (Å²) >= 11 is 0. The molecule has 10 heavy (non-hydrogen) atoms. The number of amides is 1. The van der Waals surface area contributed by atoms with Gasteiger partial charge in [-0.2, -0.15) is 0 Å². The van der Waals surface area contributed by atoms with Crippen LogP contribution in [0.15, 0.2) is 0 Å².